The Morgan fingerprint density at radius 2 is 2.36 bits per heavy atom. The average Bonchev–Trinajstić information content (AvgIpc) is 2.16. The molecule has 6 nitrogen and oxygen atoms in total. The van der Waals surface area contributed by atoms with Crippen LogP contribution in [0.5, 0.6) is 0 Å². The van der Waals surface area contributed by atoms with Gasteiger partial charge in [0.1, 0.15) is 6.29 Å². The van der Waals surface area contributed by atoms with Gasteiger partial charge in [-0.1, -0.05) is 6.92 Å². The van der Waals surface area contributed by atoms with Gasteiger partial charge in [0.2, 0.25) is 0 Å². The van der Waals surface area contributed by atoms with Crippen molar-refractivity contribution in [3.8, 4) is 0 Å². The zero-order chi connectivity index (χ0) is 10.8. The van der Waals surface area contributed by atoms with E-state index < -0.39 is 0 Å². The van der Waals surface area contributed by atoms with E-state index in [9.17, 15) is 4.79 Å². The Morgan fingerprint density at radius 3 is 2.86 bits per heavy atom. The van der Waals surface area contributed by atoms with Crippen molar-refractivity contribution in [1.29, 1.82) is 5.41 Å². The van der Waals surface area contributed by atoms with Crippen molar-refractivity contribution in [2.24, 2.45) is 5.73 Å². The molecule has 0 rings (SSSR count). The summed E-state index contributed by atoms with van der Waals surface area (Å²) in [6.45, 7) is 3.34. The van der Waals surface area contributed by atoms with Crippen LogP contribution in [0.15, 0.2) is 0 Å². The summed E-state index contributed by atoms with van der Waals surface area (Å²) in [5.74, 6) is -0.0349. The molecule has 82 valence electrons. The molecule has 0 heterocycles. The van der Waals surface area contributed by atoms with Crippen LogP contribution >= 0.6 is 0 Å². The fourth-order valence-electron chi connectivity index (χ4n) is 0.952. The van der Waals surface area contributed by atoms with Crippen molar-refractivity contribution >= 4 is 12.2 Å². The first kappa shape index (κ1) is 12.9. The van der Waals surface area contributed by atoms with E-state index in [1.165, 1.54) is 0 Å². The first-order valence-corrected chi connectivity index (χ1v) is 4.72. The fourth-order valence-corrected chi connectivity index (χ4v) is 0.952. The first-order chi connectivity index (χ1) is 6.70. The molecule has 0 bridgehead atoms. The van der Waals surface area contributed by atoms with Gasteiger partial charge in [-0.3, -0.25) is 10.8 Å². The smallest absolute Gasteiger partial charge is 0.185 e. The largest absolute Gasteiger partial charge is 0.370 e. The Kier molecular flexibility index (Phi) is 7.77. The monoisotopic (exact) mass is 201 g/mol. The van der Waals surface area contributed by atoms with Gasteiger partial charge in [-0.2, -0.15) is 0 Å². The number of nitrogens with one attached hydrogen (secondary N) is 4. The molecule has 6 N–H and O–H groups in total. The molecule has 6 heteroatoms. The molecule has 0 spiro atoms. The van der Waals surface area contributed by atoms with Crippen molar-refractivity contribution in [2.75, 3.05) is 13.1 Å². The molecule has 14 heavy (non-hydrogen) atoms. The number of carbonyl (C=O) groups excluding carboxylic acids is 1. The molecule has 0 fully saturated rings. The Labute approximate surface area is 84.1 Å². The molecule has 0 amide bonds. The molecule has 0 aromatic carbocycles. The SMILES string of the molecule is CCNN[C@H](C=O)CCCNC(=N)N. The Hall–Kier alpha value is -1.14. The summed E-state index contributed by atoms with van der Waals surface area (Å²) in [6.07, 6.45) is 2.38. The van der Waals surface area contributed by atoms with Gasteiger partial charge in [0, 0.05) is 13.1 Å². The van der Waals surface area contributed by atoms with E-state index >= 15 is 0 Å². The third-order valence-electron chi connectivity index (χ3n) is 1.64. The van der Waals surface area contributed by atoms with Crippen molar-refractivity contribution in [1.82, 2.24) is 16.2 Å². The first-order valence-electron chi connectivity index (χ1n) is 4.72. The molecule has 0 aliphatic heterocycles. The van der Waals surface area contributed by atoms with Gasteiger partial charge < -0.3 is 15.8 Å². The quantitative estimate of drug-likeness (QED) is 0.113. The maximum atomic E-state index is 10.5. The van der Waals surface area contributed by atoms with Gasteiger partial charge >= 0.3 is 0 Å². The van der Waals surface area contributed by atoms with E-state index in [1.54, 1.807) is 0 Å². The standard InChI is InChI=1S/C8H19N5O/c1-2-12-13-7(6-14)4-3-5-11-8(9)10/h6-7,12-13H,2-5H2,1H3,(H4,9,10,11)/t7-/m0/s1. The second-order valence-electron chi connectivity index (χ2n) is 2.90. The van der Waals surface area contributed by atoms with Crippen molar-refractivity contribution < 1.29 is 4.79 Å². The summed E-state index contributed by atoms with van der Waals surface area (Å²) in [5, 5.41) is 9.58. The second-order valence-corrected chi connectivity index (χ2v) is 2.90. The molecule has 0 aliphatic carbocycles. The number of nitrogens with two attached hydrogens (primary N) is 1. The van der Waals surface area contributed by atoms with E-state index in [2.05, 4.69) is 16.2 Å². The molecule has 0 aromatic heterocycles. The van der Waals surface area contributed by atoms with Crippen LogP contribution in [-0.4, -0.2) is 31.4 Å². The van der Waals surface area contributed by atoms with Gasteiger partial charge in [0.15, 0.2) is 5.96 Å². The summed E-state index contributed by atoms with van der Waals surface area (Å²) in [7, 11) is 0. The van der Waals surface area contributed by atoms with Gasteiger partial charge in [-0.15, -0.1) is 0 Å². The second kappa shape index (κ2) is 8.46. The normalized spacial score (nSPS) is 12.1. The van der Waals surface area contributed by atoms with Crippen LogP contribution in [0.4, 0.5) is 0 Å². The third kappa shape index (κ3) is 7.51. The van der Waals surface area contributed by atoms with Crippen molar-refractivity contribution in [3.05, 3.63) is 0 Å². The summed E-state index contributed by atoms with van der Waals surface area (Å²) in [5.41, 5.74) is 10.9. The van der Waals surface area contributed by atoms with E-state index in [0.717, 1.165) is 25.7 Å². The predicted molar refractivity (Wildman–Crippen MR) is 55.8 cm³/mol. The number of carbonyl (C=O) groups is 1. The lowest BCUT2D eigenvalue weighted by Crippen LogP contribution is -2.42. The van der Waals surface area contributed by atoms with Crippen molar-refractivity contribution in [2.45, 2.75) is 25.8 Å². The van der Waals surface area contributed by atoms with E-state index in [-0.39, 0.29) is 12.0 Å². The van der Waals surface area contributed by atoms with Gasteiger partial charge in [0.05, 0.1) is 6.04 Å². The van der Waals surface area contributed by atoms with Crippen LogP contribution in [0.1, 0.15) is 19.8 Å². The summed E-state index contributed by atoms with van der Waals surface area (Å²) in [4.78, 5) is 10.5. The minimum atomic E-state index is -0.177. The number of hydrazine groups is 1. The molecule has 0 aromatic rings. The number of aldehydes is 1. The van der Waals surface area contributed by atoms with Gasteiger partial charge in [-0.05, 0) is 12.8 Å². The van der Waals surface area contributed by atoms with E-state index in [4.69, 9.17) is 11.1 Å². The lowest BCUT2D eigenvalue weighted by atomic mass is 10.2. The molecule has 0 saturated heterocycles. The maximum absolute atomic E-state index is 10.5. The van der Waals surface area contributed by atoms with Crippen LogP contribution in [-0.2, 0) is 4.79 Å². The van der Waals surface area contributed by atoms with Crippen LogP contribution in [0.3, 0.4) is 0 Å². The van der Waals surface area contributed by atoms with Crippen LogP contribution in [0, 0.1) is 5.41 Å². The molecule has 0 unspecified atom stereocenters. The van der Waals surface area contributed by atoms with E-state index in [1.807, 2.05) is 6.92 Å². The number of hydrogen-bond donors (Lipinski definition) is 5. The predicted octanol–water partition coefficient (Wildman–Crippen LogP) is -1.07. The van der Waals surface area contributed by atoms with Gasteiger partial charge in [0.25, 0.3) is 0 Å². The fraction of sp³-hybridized carbons (Fsp3) is 0.750. The minimum absolute atomic E-state index is 0.0349. The highest BCUT2D eigenvalue weighted by molar-refractivity contribution is 5.74. The highest BCUT2D eigenvalue weighted by Crippen LogP contribution is 1.91. The Morgan fingerprint density at radius 1 is 1.64 bits per heavy atom. The lowest BCUT2D eigenvalue weighted by Gasteiger charge is -2.12. The average molecular weight is 201 g/mol. The van der Waals surface area contributed by atoms with Gasteiger partial charge in [-0.25, -0.2) is 5.43 Å². The maximum Gasteiger partial charge on any atom is 0.185 e. The molecule has 0 radical (unpaired) electrons. The Balaban J connectivity index is 3.42. The minimum Gasteiger partial charge on any atom is -0.370 e. The third-order valence-corrected chi connectivity index (χ3v) is 1.64. The van der Waals surface area contributed by atoms with Crippen LogP contribution in [0.25, 0.3) is 0 Å². The zero-order valence-corrected chi connectivity index (χ0v) is 8.47. The Bertz CT molecular complexity index is 173. The molecular weight excluding hydrogens is 182 g/mol. The summed E-state index contributed by atoms with van der Waals surface area (Å²) < 4.78 is 0. The molecule has 0 saturated carbocycles. The van der Waals surface area contributed by atoms with Crippen LogP contribution < -0.4 is 21.9 Å². The topological polar surface area (TPSA) is 103 Å². The number of rotatable bonds is 8. The number of guanidine groups is 1. The number of hydrogen-bond acceptors (Lipinski definition) is 4. The lowest BCUT2D eigenvalue weighted by molar-refractivity contribution is -0.110. The van der Waals surface area contributed by atoms with Crippen molar-refractivity contribution in [3.63, 3.8) is 0 Å². The molecule has 0 aliphatic rings. The highest BCUT2D eigenvalue weighted by atomic mass is 16.1. The van der Waals surface area contributed by atoms with E-state index in [0.29, 0.717) is 6.54 Å². The summed E-state index contributed by atoms with van der Waals surface area (Å²) >= 11 is 0. The zero-order valence-electron chi connectivity index (χ0n) is 8.47. The molecule has 1 atom stereocenters. The molecular formula is C8H19N5O. The van der Waals surface area contributed by atoms with Crippen LogP contribution in [0.2, 0.25) is 0 Å². The highest BCUT2D eigenvalue weighted by Gasteiger charge is 2.04. The summed E-state index contributed by atoms with van der Waals surface area (Å²) in [6, 6.07) is -0.177.